The second kappa shape index (κ2) is 15.1. The van der Waals surface area contributed by atoms with E-state index in [4.69, 9.17) is 19.0 Å². The summed E-state index contributed by atoms with van der Waals surface area (Å²) >= 11 is 2.22. The molecule has 3 saturated heterocycles. The lowest BCUT2D eigenvalue weighted by Crippen LogP contribution is -2.71. The van der Waals surface area contributed by atoms with E-state index < -0.39 is 71.6 Å². The molecule has 0 spiro atoms. The highest BCUT2D eigenvalue weighted by Crippen LogP contribution is 2.58. The number of carbonyl (C=O) groups is 3. The van der Waals surface area contributed by atoms with Crippen LogP contribution in [0.4, 0.5) is 0 Å². The number of nitrogens with one attached hydrogen (secondary N) is 2. The van der Waals surface area contributed by atoms with Crippen molar-refractivity contribution in [3.63, 3.8) is 0 Å². The number of amides is 2. The third kappa shape index (κ3) is 6.96. The standard InChI is InChI=1S/C33H48IN3O9/c1-4-6-8-13-32(14-9-7-5-2)44-25-23-18-33(31(42)36-24(20(3)39)29(40)35-15-16-38)27(30(41)43-23)37(46-28(33)26(25)45-32)19-21-11-10-12-22(34)17-21/h10-12,17,20,23-28,38-39H,4-9,13-16,18-19H2,1-3H3,(H,35,40)(H,36,42)/t20-,23?,24+,25-,26-,27-,28+,33?/m0/s1. The molecular weight excluding hydrogens is 709 g/mol. The van der Waals surface area contributed by atoms with Crippen LogP contribution in [0.25, 0.3) is 0 Å². The van der Waals surface area contributed by atoms with Crippen molar-refractivity contribution >= 4 is 40.4 Å². The van der Waals surface area contributed by atoms with Gasteiger partial charge in [-0.25, -0.2) is 0 Å². The van der Waals surface area contributed by atoms with Gasteiger partial charge < -0.3 is 35.1 Å². The maximum absolute atomic E-state index is 14.6. The summed E-state index contributed by atoms with van der Waals surface area (Å²) in [5, 5.41) is 26.5. The zero-order valence-electron chi connectivity index (χ0n) is 26.9. The first kappa shape index (κ1) is 35.4. The molecule has 12 nitrogen and oxygen atoms in total. The molecule has 8 atom stereocenters. The van der Waals surface area contributed by atoms with E-state index >= 15 is 0 Å². The third-order valence-electron chi connectivity index (χ3n) is 9.69. The lowest BCUT2D eigenvalue weighted by atomic mass is 9.62. The van der Waals surface area contributed by atoms with Gasteiger partial charge in [0.05, 0.1) is 19.3 Å². The lowest BCUT2D eigenvalue weighted by Gasteiger charge is -2.49. The molecule has 256 valence electrons. The van der Waals surface area contributed by atoms with Crippen LogP contribution in [0.2, 0.25) is 0 Å². The molecule has 4 fully saturated rings. The summed E-state index contributed by atoms with van der Waals surface area (Å²) in [5.74, 6) is -2.74. The highest BCUT2D eigenvalue weighted by molar-refractivity contribution is 14.1. The number of benzene rings is 1. The maximum atomic E-state index is 14.6. The van der Waals surface area contributed by atoms with Gasteiger partial charge in [0.15, 0.2) is 11.8 Å². The smallest absolute Gasteiger partial charge is 0.327 e. The minimum absolute atomic E-state index is 0.0391. The fourth-order valence-corrected chi connectivity index (χ4v) is 8.09. The van der Waals surface area contributed by atoms with Crippen LogP contribution >= 0.6 is 22.6 Å². The summed E-state index contributed by atoms with van der Waals surface area (Å²) in [6.45, 7) is 5.56. The number of hydrogen-bond donors (Lipinski definition) is 4. The molecule has 0 radical (unpaired) electrons. The van der Waals surface area contributed by atoms with Gasteiger partial charge in [0, 0.05) is 29.4 Å². The molecule has 2 unspecified atom stereocenters. The molecule has 1 saturated carbocycles. The molecule has 0 aromatic heterocycles. The van der Waals surface area contributed by atoms with Crippen molar-refractivity contribution in [3.05, 3.63) is 33.4 Å². The van der Waals surface area contributed by atoms with E-state index in [-0.39, 0.29) is 26.1 Å². The van der Waals surface area contributed by atoms with E-state index in [0.29, 0.717) is 12.8 Å². The van der Waals surface area contributed by atoms with Crippen LogP contribution in [-0.2, 0) is 40.0 Å². The Morgan fingerprint density at radius 3 is 2.43 bits per heavy atom. The average Bonchev–Trinajstić information content (AvgIpc) is 3.57. The molecule has 1 aromatic carbocycles. The molecule has 3 heterocycles. The van der Waals surface area contributed by atoms with Gasteiger partial charge in [0.2, 0.25) is 11.8 Å². The number of unbranched alkanes of at least 4 members (excludes halogenated alkanes) is 4. The first-order valence-corrected chi connectivity index (χ1v) is 17.8. The molecule has 1 aliphatic carbocycles. The fourth-order valence-electron chi connectivity index (χ4n) is 7.48. The van der Waals surface area contributed by atoms with Crippen LogP contribution in [0.5, 0.6) is 0 Å². The first-order valence-electron chi connectivity index (χ1n) is 16.7. The van der Waals surface area contributed by atoms with E-state index in [2.05, 4.69) is 47.1 Å². The number of nitrogens with zero attached hydrogens (tertiary/aromatic N) is 1. The predicted octanol–water partition coefficient (Wildman–Crippen LogP) is 2.71. The van der Waals surface area contributed by atoms with Crippen LogP contribution in [-0.4, -0.2) is 94.6 Å². The summed E-state index contributed by atoms with van der Waals surface area (Å²) in [6, 6.07) is 5.34. The minimum atomic E-state index is -1.49. The van der Waals surface area contributed by atoms with Gasteiger partial charge in [-0.1, -0.05) is 51.7 Å². The van der Waals surface area contributed by atoms with Gasteiger partial charge >= 0.3 is 5.97 Å². The van der Waals surface area contributed by atoms with Crippen LogP contribution in [0.1, 0.15) is 84.1 Å². The minimum Gasteiger partial charge on any atom is -0.458 e. The Labute approximate surface area is 284 Å². The number of carbonyl (C=O) groups excluding carboxylic acids is 3. The van der Waals surface area contributed by atoms with Gasteiger partial charge in [-0.15, -0.1) is 0 Å². The van der Waals surface area contributed by atoms with Crippen molar-refractivity contribution in [2.45, 2.75) is 133 Å². The Bertz CT molecular complexity index is 1240. The van der Waals surface area contributed by atoms with Gasteiger partial charge in [0.1, 0.15) is 35.9 Å². The number of aliphatic hydroxyl groups excluding tert-OH is 2. The van der Waals surface area contributed by atoms with E-state index in [1.54, 1.807) is 0 Å². The summed E-state index contributed by atoms with van der Waals surface area (Å²) in [6.07, 6.45) is 3.13. The Hall–Kier alpha value is -1.88. The number of aliphatic hydroxyl groups is 2. The molecule has 4 aliphatic rings. The van der Waals surface area contributed by atoms with E-state index in [1.807, 2.05) is 24.3 Å². The molecule has 5 rings (SSSR count). The van der Waals surface area contributed by atoms with Gasteiger partial charge in [-0.05, 0) is 60.1 Å². The van der Waals surface area contributed by atoms with Gasteiger partial charge in [-0.2, -0.15) is 5.06 Å². The van der Waals surface area contributed by atoms with Crippen LogP contribution in [0.3, 0.4) is 0 Å². The van der Waals surface area contributed by atoms with Crippen LogP contribution in [0, 0.1) is 8.99 Å². The summed E-state index contributed by atoms with van der Waals surface area (Å²) in [7, 11) is 0. The second-order valence-electron chi connectivity index (χ2n) is 13.0. The summed E-state index contributed by atoms with van der Waals surface area (Å²) in [4.78, 5) is 48.1. The quantitative estimate of drug-likeness (QED) is 0.112. The van der Waals surface area contributed by atoms with Crippen molar-refractivity contribution in [2.75, 3.05) is 13.2 Å². The highest BCUT2D eigenvalue weighted by atomic mass is 127. The second-order valence-corrected chi connectivity index (χ2v) is 14.3. The number of halogens is 1. The van der Waals surface area contributed by atoms with Crippen molar-refractivity contribution < 1.29 is 43.6 Å². The van der Waals surface area contributed by atoms with E-state index in [9.17, 15) is 24.6 Å². The van der Waals surface area contributed by atoms with Crippen molar-refractivity contribution in [3.8, 4) is 0 Å². The van der Waals surface area contributed by atoms with Crippen molar-refractivity contribution in [1.29, 1.82) is 0 Å². The maximum Gasteiger partial charge on any atom is 0.327 e. The van der Waals surface area contributed by atoms with E-state index in [1.165, 1.54) is 12.0 Å². The predicted molar refractivity (Wildman–Crippen MR) is 175 cm³/mol. The van der Waals surface area contributed by atoms with Crippen LogP contribution < -0.4 is 10.6 Å². The monoisotopic (exact) mass is 757 g/mol. The van der Waals surface area contributed by atoms with Gasteiger partial charge in [0.25, 0.3) is 0 Å². The number of fused-ring (bicyclic) bond motifs is 4. The molecule has 3 aliphatic heterocycles. The molecule has 4 N–H and O–H groups in total. The lowest BCUT2D eigenvalue weighted by molar-refractivity contribution is -0.224. The molecule has 1 aromatic rings. The fraction of sp³-hybridized carbons (Fsp3) is 0.727. The summed E-state index contributed by atoms with van der Waals surface area (Å²) in [5.41, 5.74) is -0.602. The van der Waals surface area contributed by atoms with Crippen molar-refractivity contribution in [1.82, 2.24) is 15.7 Å². The average molecular weight is 758 g/mol. The Morgan fingerprint density at radius 2 is 1.80 bits per heavy atom. The number of esters is 1. The molecule has 46 heavy (non-hydrogen) atoms. The first-order chi connectivity index (χ1) is 22.1. The Kier molecular flexibility index (Phi) is 11.6. The molecule has 13 heteroatoms. The third-order valence-corrected chi connectivity index (χ3v) is 10.4. The van der Waals surface area contributed by atoms with Crippen LogP contribution in [0.15, 0.2) is 24.3 Å². The summed E-state index contributed by atoms with van der Waals surface area (Å²) < 4.78 is 20.7. The Balaban J connectivity index is 1.52. The molecule has 2 bridgehead atoms. The Morgan fingerprint density at radius 1 is 1.11 bits per heavy atom. The SMILES string of the molecule is CCCCCC1(CCCCC)O[C@@H]2[C@H]3ON(Cc4cccc(I)c4)[C@H]4C(=O)OC(CC34C(=O)N[C@@H](C(=O)NCCO)[C@H](C)O)[C@@H]2O1. The van der Waals surface area contributed by atoms with E-state index in [0.717, 1.165) is 47.7 Å². The zero-order chi connectivity index (χ0) is 33.1. The highest BCUT2D eigenvalue weighted by Gasteiger charge is 2.76. The largest absolute Gasteiger partial charge is 0.458 e. The normalized spacial score (nSPS) is 30.7. The molecular formula is C33H48IN3O9. The number of hydrogen-bond acceptors (Lipinski definition) is 10. The zero-order valence-corrected chi connectivity index (χ0v) is 29.1. The van der Waals surface area contributed by atoms with Gasteiger partial charge in [-0.3, -0.25) is 19.2 Å². The number of ether oxygens (including phenoxy) is 3. The number of rotatable bonds is 16. The molecule has 2 amide bonds. The number of hydroxylamine groups is 2. The topological polar surface area (TPSA) is 156 Å². The van der Waals surface area contributed by atoms with Crippen molar-refractivity contribution in [2.24, 2.45) is 5.41 Å².